The molecule has 0 saturated heterocycles. The lowest BCUT2D eigenvalue weighted by Crippen LogP contribution is -2.27. The van der Waals surface area contributed by atoms with Gasteiger partial charge in [0, 0.05) is 35.8 Å². The van der Waals surface area contributed by atoms with Gasteiger partial charge in [-0.1, -0.05) is 24.3 Å². The van der Waals surface area contributed by atoms with Gasteiger partial charge >= 0.3 is 0 Å². The Morgan fingerprint density at radius 2 is 1.96 bits per heavy atom. The van der Waals surface area contributed by atoms with Crippen molar-refractivity contribution in [1.82, 2.24) is 14.9 Å². The number of hydrogen-bond acceptors (Lipinski definition) is 3. The summed E-state index contributed by atoms with van der Waals surface area (Å²) in [5, 5.41) is 1.05. The fourth-order valence-electron chi connectivity index (χ4n) is 4.03. The summed E-state index contributed by atoms with van der Waals surface area (Å²) < 4.78 is 14.9. The highest BCUT2D eigenvalue weighted by Gasteiger charge is 2.30. The average Bonchev–Trinajstić information content (AvgIpc) is 3.05. The summed E-state index contributed by atoms with van der Waals surface area (Å²) >= 11 is 0. The second-order valence-corrected chi connectivity index (χ2v) is 7.16. The van der Waals surface area contributed by atoms with Crippen molar-refractivity contribution in [2.75, 3.05) is 6.54 Å². The number of hydrogen-bond donors (Lipinski definition) is 0. The van der Waals surface area contributed by atoms with Crippen molar-refractivity contribution in [1.29, 1.82) is 0 Å². The van der Waals surface area contributed by atoms with Crippen molar-refractivity contribution >= 4 is 16.8 Å². The van der Waals surface area contributed by atoms with Crippen molar-refractivity contribution in [3.63, 3.8) is 0 Å². The van der Waals surface area contributed by atoms with E-state index in [1.165, 1.54) is 0 Å². The van der Waals surface area contributed by atoms with Gasteiger partial charge in [0.1, 0.15) is 5.83 Å². The number of rotatable bonds is 3. The van der Waals surface area contributed by atoms with E-state index in [1.54, 1.807) is 35.5 Å². The van der Waals surface area contributed by atoms with Crippen molar-refractivity contribution < 1.29 is 9.18 Å². The zero-order chi connectivity index (χ0) is 19.1. The molecule has 0 bridgehead atoms. The Morgan fingerprint density at radius 3 is 2.82 bits per heavy atom. The predicted molar refractivity (Wildman–Crippen MR) is 105 cm³/mol. The molecule has 1 aliphatic carbocycles. The van der Waals surface area contributed by atoms with Crippen LogP contribution in [0.3, 0.4) is 0 Å². The van der Waals surface area contributed by atoms with Gasteiger partial charge in [0.25, 0.3) is 5.91 Å². The number of nitrogens with zero attached hydrogens (tertiary/aromatic N) is 3. The molecule has 4 nitrogen and oxygen atoms in total. The molecule has 3 heterocycles. The van der Waals surface area contributed by atoms with Gasteiger partial charge in [-0.2, -0.15) is 0 Å². The van der Waals surface area contributed by atoms with Crippen molar-refractivity contribution in [2.45, 2.75) is 18.9 Å². The third kappa shape index (κ3) is 2.80. The Balaban J connectivity index is 1.37. The van der Waals surface area contributed by atoms with Crippen LogP contribution >= 0.6 is 0 Å². The molecule has 0 N–H and O–H groups in total. The van der Waals surface area contributed by atoms with E-state index in [2.05, 4.69) is 9.97 Å². The van der Waals surface area contributed by atoms with Crippen LogP contribution < -0.4 is 0 Å². The van der Waals surface area contributed by atoms with Crippen LogP contribution in [-0.2, 0) is 6.54 Å². The molecule has 0 radical (unpaired) electrons. The van der Waals surface area contributed by atoms with Crippen LogP contribution in [-0.4, -0.2) is 27.3 Å². The topological polar surface area (TPSA) is 46.1 Å². The number of carbonyl (C=O) groups excluding carboxylic acids is 1. The first-order valence-electron chi connectivity index (χ1n) is 9.34. The number of halogens is 1. The number of benzene rings is 1. The SMILES string of the molecule is O=C1c2cccnc2CN1CC1=CCC(c2ccnc3ccccc23)C=C1F. The first-order chi connectivity index (χ1) is 13.7. The molecule has 1 aromatic carbocycles. The fraction of sp³-hybridized carbons (Fsp3) is 0.174. The van der Waals surface area contributed by atoms with E-state index < -0.39 is 0 Å². The van der Waals surface area contributed by atoms with Crippen molar-refractivity contribution in [2.24, 2.45) is 0 Å². The molecule has 5 rings (SSSR count). The van der Waals surface area contributed by atoms with E-state index in [1.807, 2.05) is 36.4 Å². The van der Waals surface area contributed by atoms with Crippen LogP contribution in [0.5, 0.6) is 0 Å². The second-order valence-electron chi connectivity index (χ2n) is 7.16. The molecule has 1 aliphatic heterocycles. The normalized spacial score (nSPS) is 18.8. The Bertz CT molecular complexity index is 1150. The summed E-state index contributed by atoms with van der Waals surface area (Å²) in [6.07, 6.45) is 7.74. The number of amides is 1. The molecule has 1 amide bonds. The van der Waals surface area contributed by atoms with E-state index in [0.717, 1.165) is 22.2 Å². The number of para-hydroxylation sites is 1. The minimum absolute atomic E-state index is 0.0372. The molecule has 138 valence electrons. The van der Waals surface area contributed by atoms with Crippen LogP contribution in [0.2, 0.25) is 0 Å². The van der Waals surface area contributed by atoms with Gasteiger partial charge in [0.05, 0.1) is 23.3 Å². The van der Waals surface area contributed by atoms with Crippen LogP contribution in [0, 0.1) is 0 Å². The Kier molecular flexibility index (Phi) is 4.01. The summed E-state index contributed by atoms with van der Waals surface area (Å²) in [6, 6.07) is 13.4. The largest absolute Gasteiger partial charge is 0.328 e. The number of aromatic nitrogens is 2. The first-order valence-corrected chi connectivity index (χ1v) is 9.34. The maximum absolute atomic E-state index is 14.9. The minimum atomic E-state index is -0.256. The third-order valence-electron chi connectivity index (χ3n) is 5.46. The first kappa shape index (κ1) is 16.8. The third-order valence-corrected chi connectivity index (χ3v) is 5.46. The number of allylic oxidation sites excluding steroid dienone is 2. The molecule has 5 heteroatoms. The lowest BCUT2D eigenvalue weighted by Gasteiger charge is -2.23. The zero-order valence-corrected chi connectivity index (χ0v) is 15.2. The van der Waals surface area contributed by atoms with Crippen LogP contribution in [0.1, 0.15) is 34.0 Å². The molecule has 0 saturated carbocycles. The number of pyridine rings is 2. The monoisotopic (exact) mass is 371 g/mol. The maximum Gasteiger partial charge on any atom is 0.256 e. The van der Waals surface area contributed by atoms with Gasteiger partial charge in [-0.25, -0.2) is 4.39 Å². The summed E-state index contributed by atoms with van der Waals surface area (Å²) in [6.45, 7) is 0.694. The summed E-state index contributed by atoms with van der Waals surface area (Å²) in [7, 11) is 0. The predicted octanol–water partition coefficient (Wildman–Crippen LogP) is 4.55. The Hall–Kier alpha value is -3.34. The molecule has 0 fully saturated rings. The molecule has 2 aromatic heterocycles. The molecule has 3 aromatic rings. The van der Waals surface area contributed by atoms with Gasteiger partial charge < -0.3 is 4.90 Å². The molecular weight excluding hydrogens is 353 g/mol. The van der Waals surface area contributed by atoms with E-state index in [4.69, 9.17) is 0 Å². The summed E-state index contributed by atoms with van der Waals surface area (Å²) in [5.74, 6) is -0.377. The van der Waals surface area contributed by atoms with E-state index in [0.29, 0.717) is 24.1 Å². The Morgan fingerprint density at radius 1 is 1.07 bits per heavy atom. The maximum atomic E-state index is 14.9. The van der Waals surface area contributed by atoms with Crippen LogP contribution in [0.15, 0.2) is 78.4 Å². The lowest BCUT2D eigenvalue weighted by molar-refractivity contribution is 0.0792. The van der Waals surface area contributed by atoms with Gasteiger partial charge in [-0.15, -0.1) is 0 Å². The highest BCUT2D eigenvalue weighted by Crippen LogP contribution is 2.35. The Labute approximate surface area is 162 Å². The molecular formula is C23H18FN3O. The highest BCUT2D eigenvalue weighted by molar-refractivity contribution is 5.97. The fourth-order valence-corrected chi connectivity index (χ4v) is 4.03. The molecule has 1 unspecified atom stereocenters. The average molecular weight is 371 g/mol. The van der Waals surface area contributed by atoms with Crippen molar-refractivity contribution in [3.8, 4) is 0 Å². The molecule has 0 spiro atoms. The van der Waals surface area contributed by atoms with E-state index in [-0.39, 0.29) is 24.2 Å². The van der Waals surface area contributed by atoms with E-state index in [9.17, 15) is 9.18 Å². The zero-order valence-electron chi connectivity index (χ0n) is 15.2. The standard InChI is InChI=1S/C23H18FN3O/c24-20-12-15(17-9-11-26-21-6-2-1-4-18(17)21)7-8-16(20)13-27-14-22-19(23(27)28)5-3-10-25-22/h1-6,8-12,15H,7,13-14H2. The van der Waals surface area contributed by atoms with Gasteiger partial charge in [-0.05, 0) is 42.3 Å². The van der Waals surface area contributed by atoms with Gasteiger partial charge in [0.2, 0.25) is 0 Å². The lowest BCUT2D eigenvalue weighted by atomic mass is 9.87. The minimum Gasteiger partial charge on any atom is -0.328 e. The highest BCUT2D eigenvalue weighted by atomic mass is 19.1. The molecule has 2 aliphatic rings. The quantitative estimate of drug-likeness (QED) is 0.678. The molecule has 28 heavy (non-hydrogen) atoms. The van der Waals surface area contributed by atoms with Gasteiger partial charge in [-0.3, -0.25) is 14.8 Å². The second kappa shape index (κ2) is 6.68. The molecule has 1 atom stereocenters. The van der Waals surface area contributed by atoms with Crippen LogP contribution in [0.4, 0.5) is 4.39 Å². The van der Waals surface area contributed by atoms with E-state index >= 15 is 0 Å². The number of carbonyl (C=O) groups is 1. The van der Waals surface area contributed by atoms with Crippen molar-refractivity contribution in [3.05, 3.63) is 95.2 Å². The summed E-state index contributed by atoms with van der Waals surface area (Å²) in [5.41, 5.74) is 3.93. The van der Waals surface area contributed by atoms with Gasteiger partial charge in [0.15, 0.2) is 0 Å². The number of fused-ring (bicyclic) bond motifs is 2. The smallest absolute Gasteiger partial charge is 0.256 e. The summed E-state index contributed by atoms with van der Waals surface area (Å²) in [4.78, 5) is 22.8. The van der Waals surface area contributed by atoms with Crippen LogP contribution in [0.25, 0.3) is 10.9 Å².